The lowest BCUT2D eigenvalue weighted by atomic mass is 9.79. The molecule has 1 unspecified atom stereocenters. The van der Waals surface area contributed by atoms with Crippen molar-refractivity contribution in [1.29, 1.82) is 0 Å². The van der Waals surface area contributed by atoms with Crippen molar-refractivity contribution in [3.8, 4) is 5.75 Å². The number of benzene rings is 2. The molecule has 2 aromatic rings. The van der Waals surface area contributed by atoms with Gasteiger partial charge in [-0.1, -0.05) is 77.9 Å². The maximum absolute atomic E-state index is 10.0. The van der Waals surface area contributed by atoms with E-state index in [1.165, 1.54) is 11.1 Å². The largest absolute Gasteiger partial charge is 0.485 e. The molecule has 1 atom stereocenters. The lowest BCUT2D eigenvalue weighted by Crippen LogP contribution is -2.42. The van der Waals surface area contributed by atoms with Gasteiger partial charge in [-0.15, -0.1) is 0 Å². The molecular weight excluding hydrogens is 364 g/mol. The molecule has 160 valence electrons. The number of aliphatic hydroxyl groups is 3. The minimum atomic E-state index is -1.20. The normalized spacial score (nSPS) is 14.0. The summed E-state index contributed by atoms with van der Waals surface area (Å²) < 4.78 is 6.25. The van der Waals surface area contributed by atoms with Gasteiger partial charge < -0.3 is 20.1 Å². The maximum atomic E-state index is 10.0. The maximum Gasteiger partial charge on any atom is 0.136 e. The van der Waals surface area contributed by atoms with Crippen molar-refractivity contribution in [3.63, 3.8) is 0 Å². The van der Waals surface area contributed by atoms with Gasteiger partial charge in [-0.3, -0.25) is 0 Å². The van der Waals surface area contributed by atoms with Gasteiger partial charge in [-0.05, 0) is 39.7 Å². The van der Waals surface area contributed by atoms with E-state index in [0.29, 0.717) is 5.75 Å². The predicted octanol–water partition coefficient (Wildman–Crippen LogP) is 4.37. The quantitative estimate of drug-likeness (QED) is 0.646. The van der Waals surface area contributed by atoms with Crippen LogP contribution in [0.5, 0.6) is 5.75 Å². The van der Waals surface area contributed by atoms with E-state index >= 15 is 0 Å². The molecule has 0 aliphatic carbocycles. The van der Waals surface area contributed by atoms with E-state index in [2.05, 4.69) is 41.5 Å². The number of ether oxygens (including phenoxy) is 1. The first kappa shape index (κ1) is 23.4. The van der Waals surface area contributed by atoms with Crippen molar-refractivity contribution in [1.82, 2.24) is 0 Å². The van der Waals surface area contributed by atoms with Crippen molar-refractivity contribution in [2.24, 2.45) is 5.41 Å². The van der Waals surface area contributed by atoms with Gasteiger partial charge in [0.2, 0.25) is 0 Å². The van der Waals surface area contributed by atoms with E-state index < -0.39 is 31.3 Å². The Morgan fingerprint density at radius 1 is 0.655 bits per heavy atom. The highest BCUT2D eigenvalue weighted by atomic mass is 16.5. The van der Waals surface area contributed by atoms with Gasteiger partial charge in [-0.2, -0.15) is 0 Å². The Morgan fingerprint density at radius 2 is 1.03 bits per heavy atom. The van der Waals surface area contributed by atoms with Crippen LogP contribution in [0.15, 0.2) is 48.5 Å². The Labute approximate surface area is 175 Å². The highest BCUT2D eigenvalue weighted by Crippen LogP contribution is 2.38. The van der Waals surface area contributed by atoms with Gasteiger partial charge in [0.1, 0.15) is 11.9 Å². The van der Waals surface area contributed by atoms with Crippen molar-refractivity contribution in [2.45, 2.75) is 58.5 Å². The Hall–Kier alpha value is -1.88. The molecule has 0 saturated heterocycles. The lowest BCUT2D eigenvalue weighted by molar-refractivity contribution is -0.0742. The topological polar surface area (TPSA) is 69.9 Å². The summed E-state index contributed by atoms with van der Waals surface area (Å²) in [7, 11) is 0. The molecule has 0 aliphatic heterocycles. The van der Waals surface area contributed by atoms with Gasteiger partial charge in [-0.25, -0.2) is 0 Å². The van der Waals surface area contributed by atoms with Crippen LogP contribution in [0.4, 0.5) is 0 Å². The fourth-order valence-corrected chi connectivity index (χ4v) is 3.27. The van der Waals surface area contributed by atoms with Crippen molar-refractivity contribution >= 4 is 0 Å². The Balaban J connectivity index is 2.43. The van der Waals surface area contributed by atoms with Gasteiger partial charge >= 0.3 is 0 Å². The summed E-state index contributed by atoms with van der Waals surface area (Å²) >= 11 is 0. The zero-order chi connectivity index (χ0) is 21.9. The number of hydrogen-bond acceptors (Lipinski definition) is 4. The Kier molecular flexibility index (Phi) is 7.15. The third-order valence-corrected chi connectivity index (χ3v) is 5.55. The summed E-state index contributed by atoms with van der Waals surface area (Å²) in [5, 5.41) is 30.1. The Morgan fingerprint density at radius 3 is 1.38 bits per heavy atom. The van der Waals surface area contributed by atoms with Crippen molar-refractivity contribution in [2.75, 3.05) is 19.8 Å². The number of aliphatic hydroxyl groups excluding tert-OH is 3. The predicted molar refractivity (Wildman–Crippen MR) is 117 cm³/mol. The first-order valence-corrected chi connectivity index (χ1v) is 10.2. The zero-order valence-corrected chi connectivity index (χ0v) is 18.6. The number of rotatable bonds is 7. The molecular formula is C25H36O4. The SMILES string of the molecule is CC(C)(C)c1ccc(OC(c2ccc(C(C)(C)C)cc2)C(CO)(CO)CO)cc1. The molecule has 0 spiro atoms. The molecule has 29 heavy (non-hydrogen) atoms. The summed E-state index contributed by atoms with van der Waals surface area (Å²) in [5.41, 5.74) is 2.01. The second-order valence-corrected chi connectivity index (χ2v) is 9.98. The fraction of sp³-hybridized carbons (Fsp3) is 0.520. The second-order valence-electron chi connectivity index (χ2n) is 9.98. The molecule has 0 amide bonds. The fourth-order valence-electron chi connectivity index (χ4n) is 3.27. The minimum absolute atomic E-state index is 0.0136. The van der Waals surface area contributed by atoms with Crippen LogP contribution >= 0.6 is 0 Å². The van der Waals surface area contributed by atoms with Gasteiger partial charge in [0.05, 0.1) is 25.2 Å². The smallest absolute Gasteiger partial charge is 0.136 e. The minimum Gasteiger partial charge on any atom is -0.485 e. The van der Waals surface area contributed by atoms with E-state index in [4.69, 9.17) is 4.74 Å². The molecule has 4 heteroatoms. The summed E-state index contributed by atoms with van der Waals surface area (Å²) in [6, 6.07) is 15.8. The average Bonchev–Trinajstić information content (AvgIpc) is 2.68. The highest BCUT2D eigenvalue weighted by Gasteiger charge is 2.41. The van der Waals surface area contributed by atoms with E-state index in [0.717, 1.165) is 5.56 Å². The molecule has 3 N–H and O–H groups in total. The van der Waals surface area contributed by atoms with Crippen LogP contribution in [-0.2, 0) is 10.8 Å². The molecule has 4 nitrogen and oxygen atoms in total. The first-order chi connectivity index (χ1) is 13.5. The lowest BCUT2D eigenvalue weighted by Gasteiger charge is -2.37. The van der Waals surface area contributed by atoms with Gasteiger partial charge in [0.15, 0.2) is 0 Å². The van der Waals surface area contributed by atoms with E-state index in [1.807, 2.05) is 48.5 Å². The molecule has 0 radical (unpaired) electrons. The molecule has 0 fully saturated rings. The molecule has 0 saturated carbocycles. The van der Waals surface area contributed by atoms with Crippen LogP contribution in [0.1, 0.15) is 64.3 Å². The summed E-state index contributed by atoms with van der Waals surface area (Å²) in [5.74, 6) is 0.627. The first-order valence-electron chi connectivity index (χ1n) is 10.2. The number of hydrogen-bond donors (Lipinski definition) is 3. The van der Waals surface area contributed by atoms with Crippen molar-refractivity contribution in [3.05, 3.63) is 65.2 Å². The third kappa shape index (κ3) is 5.39. The highest BCUT2D eigenvalue weighted by molar-refractivity contribution is 5.34. The van der Waals surface area contributed by atoms with Crippen LogP contribution < -0.4 is 4.74 Å². The van der Waals surface area contributed by atoms with Crippen LogP contribution in [0.3, 0.4) is 0 Å². The molecule has 0 bridgehead atoms. The monoisotopic (exact) mass is 400 g/mol. The van der Waals surface area contributed by atoms with E-state index in [-0.39, 0.29) is 10.8 Å². The standard InChI is InChI=1S/C25H36O4/c1-23(2,3)19-9-7-18(8-10-19)22(25(15-26,16-27)17-28)29-21-13-11-20(12-14-21)24(4,5)6/h7-14,22,26-28H,15-17H2,1-6H3. The van der Waals surface area contributed by atoms with Crippen molar-refractivity contribution < 1.29 is 20.1 Å². The zero-order valence-electron chi connectivity index (χ0n) is 18.6. The van der Waals surface area contributed by atoms with Crippen LogP contribution in [0.25, 0.3) is 0 Å². The van der Waals surface area contributed by atoms with E-state index in [9.17, 15) is 15.3 Å². The van der Waals surface area contributed by atoms with Crippen LogP contribution in [0, 0.1) is 5.41 Å². The molecule has 0 aliphatic rings. The van der Waals surface area contributed by atoms with E-state index in [1.54, 1.807) is 0 Å². The van der Waals surface area contributed by atoms with Crippen LogP contribution in [-0.4, -0.2) is 35.1 Å². The van der Waals surface area contributed by atoms with Gasteiger partial charge in [0, 0.05) is 0 Å². The molecule has 2 aromatic carbocycles. The molecule has 2 rings (SSSR count). The second kappa shape index (κ2) is 8.86. The summed E-state index contributed by atoms with van der Waals surface area (Å²) in [4.78, 5) is 0. The summed E-state index contributed by atoms with van der Waals surface area (Å²) in [6.45, 7) is 11.7. The van der Waals surface area contributed by atoms with Gasteiger partial charge in [0.25, 0.3) is 0 Å². The molecule has 0 aromatic heterocycles. The molecule has 0 heterocycles. The average molecular weight is 401 g/mol. The third-order valence-electron chi connectivity index (χ3n) is 5.55. The van der Waals surface area contributed by atoms with Crippen LogP contribution in [0.2, 0.25) is 0 Å². The summed E-state index contributed by atoms with van der Waals surface area (Å²) in [6.07, 6.45) is -0.697. The Bertz CT molecular complexity index is 752.